The van der Waals surface area contributed by atoms with Crippen LogP contribution in [0.3, 0.4) is 0 Å². The van der Waals surface area contributed by atoms with Gasteiger partial charge in [0.1, 0.15) is 0 Å². The second-order valence-corrected chi connectivity index (χ2v) is 4.71. The lowest BCUT2D eigenvalue weighted by Gasteiger charge is -2.32. The van der Waals surface area contributed by atoms with Crippen LogP contribution in [-0.4, -0.2) is 23.5 Å². The number of esters is 2. The third-order valence-electron chi connectivity index (χ3n) is 3.47. The molecule has 2 aliphatic rings. The lowest BCUT2D eigenvalue weighted by Crippen LogP contribution is -2.47. The molecule has 1 aromatic rings. The minimum atomic E-state index is -1.72. The van der Waals surface area contributed by atoms with Crippen LogP contribution in [0.1, 0.15) is 46.4 Å². The highest BCUT2D eigenvalue weighted by atomic mass is 16.7. The minimum absolute atomic E-state index is 0.141. The van der Waals surface area contributed by atoms with Gasteiger partial charge in [-0.2, -0.15) is 0 Å². The van der Waals surface area contributed by atoms with Gasteiger partial charge >= 0.3 is 17.7 Å². The monoisotopic (exact) mass is 260 g/mol. The number of rotatable bonds is 0. The van der Waals surface area contributed by atoms with E-state index in [1.165, 1.54) is 12.1 Å². The number of hydrogen-bond donors (Lipinski definition) is 0. The zero-order valence-corrected chi connectivity index (χ0v) is 10.2. The maximum absolute atomic E-state index is 12.1. The predicted molar refractivity (Wildman–Crippen MR) is 63.5 cm³/mol. The zero-order valence-electron chi connectivity index (χ0n) is 10.2. The average molecular weight is 260 g/mol. The summed E-state index contributed by atoms with van der Waals surface area (Å²) in [7, 11) is 0. The number of benzene rings is 1. The van der Waals surface area contributed by atoms with Crippen molar-refractivity contribution in [2.75, 3.05) is 0 Å². The molecule has 1 fully saturated rings. The quantitative estimate of drug-likeness (QED) is 0.666. The van der Waals surface area contributed by atoms with Gasteiger partial charge in [0.2, 0.25) is 5.78 Å². The Kier molecular flexibility index (Phi) is 2.62. The van der Waals surface area contributed by atoms with Gasteiger partial charge in [0.05, 0.1) is 11.1 Å². The van der Waals surface area contributed by atoms with E-state index in [1.807, 2.05) is 0 Å². The topological polar surface area (TPSA) is 69.7 Å². The second-order valence-electron chi connectivity index (χ2n) is 4.71. The normalized spacial score (nSPS) is 21.4. The Hall–Kier alpha value is -2.17. The van der Waals surface area contributed by atoms with Crippen LogP contribution >= 0.6 is 0 Å². The Bertz CT molecular complexity index is 538. The van der Waals surface area contributed by atoms with Crippen molar-refractivity contribution in [2.24, 2.45) is 0 Å². The van der Waals surface area contributed by atoms with Crippen LogP contribution in [0.15, 0.2) is 24.3 Å². The van der Waals surface area contributed by atoms with Crippen LogP contribution in [0.5, 0.6) is 0 Å². The molecule has 1 aliphatic heterocycles. The molecule has 1 heterocycles. The molecule has 1 aromatic carbocycles. The molecule has 0 unspecified atom stereocenters. The summed E-state index contributed by atoms with van der Waals surface area (Å²) in [5.74, 6) is -3.42. The van der Waals surface area contributed by atoms with Crippen molar-refractivity contribution in [3.8, 4) is 0 Å². The van der Waals surface area contributed by atoms with Gasteiger partial charge in [-0.3, -0.25) is 4.79 Å². The van der Waals surface area contributed by atoms with Crippen molar-refractivity contribution in [2.45, 2.75) is 31.5 Å². The highest BCUT2D eigenvalue weighted by molar-refractivity contribution is 6.07. The summed E-state index contributed by atoms with van der Waals surface area (Å²) in [5, 5.41) is 0. The molecule has 0 atom stereocenters. The molecule has 1 spiro atoms. The van der Waals surface area contributed by atoms with E-state index >= 15 is 0 Å². The number of hydrogen-bond acceptors (Lipinski definition) is 5. The smallest absolute Gasteiger partial charge is 0.342 e. The first-order valence-corrected chi connectivity index (χ1v) is 6.21. The fourth-order valence-electron chi connectivity index (χ4n) is 2.46. The highest BCUT2D eigenvalue weighted by Crippen LogP contribution is 2.34. The van der Waals surface area contributed by atoms with Crippen LogP contribution in [0, 0.1) is 0 Å². The maximum Gasteiger partial charge on any atom is 0.342 e. The molecule has 0 bridgehead atoms. The summed E-state index contributed by atoms with van der Waals surface area (Å²) >= 11 is 0. The van der Waals surface area contributed by atoms with Crippen LogP contribution in [0.25, 0.3) is 0 Å². The predicted octanol–water partition coefficient (Wildman–Crippen LogP) is 1.85. The molecule has 0 N–H and O–H groups in total. The summed E-state index contributed by atoms with van der Waals surface area (Å²) in [6, 6.07) is 6.25. The molecule has 98 valence electrons. The first kappa shape index (κ1) is 11.9. The van der Waals surface area contributed by atoms with E-state index < -0.39 is 17.7 Å². The molecular formula is C14H12O5. The molecule has 0 radical (unpaired) electrons. The van der Waals surface area contributed by atoms with Crippen molar-refractivity contribution < 1.29 is 23.9 Å². The van der Waals surface area contributed by atoms with Crippen molar-refractivity contribution in [1.29, 1.82) is 0 Å². The summed E-state index contributed by atoms with van der Waals surface area (Å²) in [5.41, 5.74) is 0.283. The molecule has 1 aliphatic carbocycles. The largest absolute Gasteiger partial charge is 0.411 e. The van der Waals surface area contributed by atoms with E-state index in [1.54, 1.807) is 12.1 Å². The molecular weight excluding hydrogens is 248 g/mol. The number of ether oxygens (including phenoxy) is 2. The van der Waals surface area contributed by atoms with E-state index in [0.29, 0.717) is 6.42 Å². The Morgan fingerprint density at radius 3 is 2.00 bits per heavy atom. The van der Waals surface area contributed by atoms with E-state index in [9.17, 15) is 14.4 Å². The van der Waals surface area contributed by atoms with Crippen LogP contribution in [0.4, 0.5) is 0 Å². The summed E-state index contributed by atoms with van der Waals surface area (Å²) < 4.78 is 10.4. The standard InChI is InChI=1S/C14H12O5/c15-11-7-3-4-8-14(11)18-12(16)9-5-1-2-6-10(9)13(17)19-14/h1-2,5-6H,3-4,7-8H2. The summed E-state index contributed by atoms with van der Waals surface area (Å²) in [4.78, 5) is 36.1. The third-order valence-corrected chi connectivity index (χ3v) is 3.47. The van der Waals surface area contributed by atoms with Gasteiger partial charge in [-0.15, -0.1) is 0 Å². The Morgan fingerprint density at radius 2 is 1.47 bits per heavy atom. The van der Waals surface area contributed by atoms with E-state index in [2.05, 4.69) is 0 Å². The van der Waals surface area contributed by atoms with Gasteiger partial charge in [0.15, 0.2) is 0 Å². The molecule has 5 nitrogen and oxygen atoms in total. The van der Waals surface area contributed by atoms with Crippen LogP contribution in [-0.2, 0) is 14.3 Å². The minimum Gasteiger partial charge on any atom is -0.411 e. The molecule has 0 aromatic heterocycles. The number of carbonyl (C=O) groups excluding carboxylic acids is 3. The summed E-state index contributed by atoms with van der Waals surface area (Å²) in [6.07, 6.45) is 1.90. The van der Waals surface area contributed by atoms with Gasteiger partial charge in [0, 0.05) is 12.8 Å². The van der Waals surface area contributed by atoms with E-state index in [4.69, 9.17) is 9.47 Å². The summed E-state index contributed by atoms with van der Waals surface area (Å²) in [6.45, 7) is 0. The molecule has 19 heavy (non-hydrogen) atoms. The lowest BCUT2D eigenvalue weighted by molar-refractivity contribution is -0.191. The fourth-order valence-corrected chi connectivity index (χ4v) is 2.46. The van der Waals surface area contributed by atoms with Gasteiger partial charge in [-0.25, -0.2) is 9.59 Å². The molecule has 1 saturated carbocycles. The Balaban J connectivity index is 2.06. The number of fused-ring (bicyclic) bond motifs is 1. The lowest BCUT2D eigenvalue weighted by atomic mass is 9.92. The van der Waals surface area contributed by atoms with Crippen LogP contribution < -0.4 is 0 Å². The van der Waals surface area contributed by atoms with Crippen molar-refractivity contribution in [3.63, 3.8) is 0 Å². The van der Waals surface area contributed by atoms with Crippen molar-refractivity contribution in [3.05, 3.63) is 35.4 Å². The van der Waals surface area contributed by atoms with Crippen molar-refractivity contribution >= 4 is 17.7 Å². The third kappa shape index (κ3) is 1.82. The van der Waals surface area contributed by atoms with E-state index in [-0.39, 0.29) is 29.8 Å². The van der Waals surface area contributed by atoms with Crippen molar-refractivity contribution in [1.82, 2.24) is 0 Å². The fraction of sp³-hybridized carbons (Fsp3) is 0.357. The Morgan fingerprint density at radius 1 is 0.895 bits per heavy atom. The molecule has 3 rings (SSSR count). The molecule has 0 amide bonds. The van der Waals surface area contributed by atoms with E-state index in [0.717, 1.165) is 6.42 Å². The maximum atomic E-state index is 12.1. The first-order valence-electron chi connectivity index (χ1n) is 6.21. The Labute approximate surface area is 109 Å². The van der Waals surface area contributed by atoms with Crippen LogP contribution in [0.2, 0.25) is 0 Å². The van der Waals surface area contributed by atoms with Gasteiger partial charge in [0.25, 0.3) is 0 Å². The SMILES string of the molecule is O=C1OC2(CCCCC2=O)OC(=O)c2ccccc21. The van der Waals surface area contributed by atoms with Gasteiger partial charge in [-0.1, -0.05) is 12.1 Å². The van der Waals surface area contributed by atoms with Gasteiger partial charge in [-0.05, 0) is 25.0 Å². The number of ketones is 1. The zero-order chi connectivity index (χ0) is 13.5. The van der Waals surface area contributed by atoms with Gasteiger partial charge < -0.3 is 9.47 Å². The first-order chi connectivity index (χ1) is 9.12. The number of carbonyl (C=O) groups is 3. The highest BCUT2D eigenvalue weighted by Gasteiger charge is 2.50. The second kappa shape index (κ2) is 4.19. The molecule has 5 heteroatoms. The molecule has 0 saturated heterocycles. The average Bonchev–Trinajstić information content (AvgIpc) is 2.51. The number of Topliss-reactive ketones (excluding diaryl/α,β-unsaturated/α-hetero) is 1.